The van der Waals surface area contributed by atoms with Crippen LogP contribution in [-0.4, -0.2) is 24.8 Å². The molecule has 4 heterocycles. The van der Waals surface area contributed by atoms with Crippen molar-refractivity contribution < 1.29 is 33.3 Å². The lowest BCUT2D eigenvalue weighted by molar-refractivity contribution is -0.671. The molecular formula is C26H23IN6O2. The van der Waals surface area contributed by atoms with Gasteiger partial charge in [-0.3, -0.25) is 14.0 Å². The standard InChI is InChI=1S/C26H22N6O2.HI/c1-30-13-14-31(16-30)11-4-7-23(33)27-17-8-9-22-20(15-17)26(34)32-12-10-19-18-5-2-3-6-21(18)28-24(19)25(32)29-22;/h2-3,5-6,8-10,12-16H,4,7,11H2,1H3,(H-,27,28,29,33,34);1H. The first-order valence-corrected chi connectivity index (χ1v) is 11.2. The molecule has 176 valence electrons. The maximum Gasteiger partial charge on any atom is 0.265 e. The summed E-state index contributed by atoms with van der Waals surface area (Å²) < 4.78 is 5.57. The monoisotopic (exact) mass is 578 g/mol. The number of aromatic nitrogens is 5. The molecule has 4 aromatic heterocycles. The number of H-pyrrole nitrogens is 1. The van der Waals surface area contributed by atoms with E-state index in [1.807, 2.05) is 59.2 Å². The quantitative estimate of drug-likeness (QED) is 0.178. The maximum absolute atomic E-state index is 13.3. The maximum atomic E-state index is 13.3. The van der Waals surface area contributed by atoms with E-state index < -0.39 is 0 Å². The summed E-state index contributed by atoms with van der Waals surface area (Å²) in [4.78, 5) is 33.9. The van der Waals surface area contributed by atoms with E-state index in [1.54, 1.807) is 28.8 Å². The number of hydrogen-bond donors (Lipinski definition) is 2. The predicted molar refractivity (Wildman–Crippen MR) is 132 cm³/mol. The van der Waals surface area contributed by atoms with Gasteiger partial charge in [0.1, 0.15) is 12.4 Å². The predicted octanol–water partition coefficient (Wildman–Crippen LogP) is 0.531. The summed E-state index contributed by atoms with van der Waals surface area (Å²) in [6.07, 6.45) is 8.82. The van der Waals surface area contributed by atoms with Crippen LogP contribution in [0.5, 0.6) is 0 Å². The summed E-state index contributed by atoms with van der Waals surface area (Å²) >= 11 is 0. The Balaban J connectivity index is 0.00000253. The van der Waals surface area contributed by atoms with Crippen molar-refractivity contribution in [3.05, 3.63) is 83.8 Å². The number of nitrogens with zero attached hydrogens (tertiary/aromatic N) is 4. The van der Waals surface area contributed by atoms with Gasteiger partial charge in [-0.15, -0.1) is 0 Å². The number of benzene rings is 2. The lowest BCUT2D eigenvalue weighted by Gasteiger charge is -2.08. The first-order valence-electron chi connectivity index (χ1n) is 11.2. The van der Waals surface area contributed by atoms with Gasteiger partial charge < -0.3 is 34.3 Å². The number of rotatable bonds is 5. The van der Waals surface area contributed by atoms with Crippen molar-refractivity contribution in [3.63, 3.8) is 0 Å². The summed E-state index contributed by atoms with van der Waals surface area (Å²) in [6, 6.07) is 15.3. The van der Waals surface area contributed by atoms with Crippen LogP contribution < -0.4 is 39.4 Å². The van der Waals surface area contributed by atoms with Crippen LogP contribution in [0.3, 0.4) is 0 Å². The second-order valence-electron chi connectivity index (χ2n) is 8.59. The SMILES string of the molecule is C[n+]1ccn(CCCC(=O)Nc2ccc3nc4c5[nH]c6ccccc6c5ccn4c(=O)c3c2)c1.[I-]. The highest BCUT2D eigenvalue weighted by Crippen LogP contribution is 2.27. The van der Waals surface area contributed by atoms with E-state index in [0.717, 1.165) is 34.8 Å². The van der Waals surface area contributed by atoms with Gasteiger partial charge >= 0.3 is 0 Å². The number of anilines is 1. The highest BCUT2D eigenvalue weighted by molar-refractivity contribution is 6.11. The van der Waals surface area contributed by atoms with Gasteiger partial charge in [0.25, 0.3) is 5.56 Å². The number of carbonyl (C=O) groups excluding carboxylic acids is 1. The van der Waals surface area contributed by atoms with Gasteiger partial charge in [0.2, 0.25) is 12.2 Å². The molecule has 6 aromatic rings. The van der Waals surface area contributed by atoms with Crippen LogP contribution in [0.25, 0.3) is 38.4 Å². The fourth-order valence-electron chi connectivity index (χ4n) is 4.53. The normalized spacial score (nSPS) is 11.3. The molecule has 0 radical (unpaired) electrons. The molecule has 0 aliphatic rings. The molecule has 9 heteroatoms. The van der Waals surface area contributed by atoms with Crippen LogP contribution >= 0.6 is 0 Å². The summed E-state index contributed by atoms with van der Waals surface area (Å²) in [5, 5.41) is 5.50. The molecule has 2 aromatic carbocycles. The second-order valence-corrected chi connectivity index (χ2v) is 8.59. The van der Waals surface area contributed by atoms with Crippen molar-refractivity contribution in [1.82, 2.24) is 18.9 Å². The van der Waals surface area contributed by atoms with Gasteiger partial charge in [0.15, 0.2) is 5.65 Å². The Hall–Kier alpha value is -3.73. The number of pyridine rings is 1. The zero-order valence-corrected chi connectivity index (χ0v) is 21.2. The van der Waals surface area contributed by atoms with E-state index in [2.05, 4.69) is 16.4 Å². The summed E-state index contributed by atoms with van der Waals surface area (Å²) in [5.41, 5.74) is 3.43. The Morgan fingerprint density at radius 3 is 2.77 bits per heavy atom. The number of para-hydroxylation sites is 1. The van der Waals surface area contributed by atoms with Crippen molar-refractivity contribution in [2.45, 2.75) is 19.4 Å². The molecule has 0 aliphatic carbocycles. The molecule has 0 saturated carbocycles. The summed E-state index contributed by atoms with van der Waals surface area (Å²) in [5.74, 6) is -0.0792. The zero-order chi connectivity index (χ0) is 23.2. The van der Waals surface area contributed by atoms with Crippen LogP contribution in [0.4, 0.5) is 5.69 Å². The van der Waals surface area contributed by atoms with Crippen molar-refractivity contribution in [1.29, 1.82) is 0 Å². The molecule has 6 rings (SSSR count). The molecule has 0 aliphatic heterocycles. The first kappa shape index (κ1) is 23.0. The number of amides is 1. The molecule has 0 atom stereocenters. The minimum absolute atomic E-state index is 0. The fraction of sp³-hybridized carbons (Fsp3) is 0.154. The van der Waals surface area contributed by atoms with Gasteiger partial charge in [-0.1, -0.05) is 18.2 Å². The van der Waals surface area contributed by atoms with E-state index in [1.165, 1.54) is 0 Å². The number of imidazole rings is 1. The van der Waals surface area contributed by atoms with E-state index in [0.29, 0.717) is 28.7 Å². The van der Waals surface area contributed by atoms with Crippen LogP contribution in [-0.2, 0) is 18.4 Å². The molecule has 0 fully saturated rings. The Bertz CT molecular complexity index is 1780. The molecule has 1 amide bonds. The smallest absolute Gasteiger partial charge is 0.265 e. The number of aryl methyl sites for hydroxylation is 2. The van der Waals surface area contributed by atoms with Gasteiger partial charge in [-0.2, -0.15) is 0 Å². The van der Waals surface area contributed by atoms with Crippen LogP contribution in [0, 0.1) is 0 Å². The number of carbonyl (C=O) groups is 1. The van der Waals surface area contributed by atoms with E-state index in [-0.39, 0.29) is 35.4 Å². The van der Waals surface area contributed by atoms with Crippen molar-refractivity contribution >= 4 is 50.0 Å². The molecule has 0 unspecified atom stereocenters. The fourth-order valence-corrected chi connectivity index (χ4v) is 4.53. The van der Waals surface area contributed by atoms with Gasteiger partial charge in [-0.25, -0.2) is 14.1 Å². The largest absolute Gasteiger partial charge is 1.00 e. The van der Waals surface area contributed by atoms with Crippen LogP contribution in [0.2, 0.25) is 0 Å². The average Bonchev–Trinajstić information content (AvgIpc) is 3.43. The Morgan fingerprint density at radius 2 is 1.94 bits per heavy atom. The van der Waals surface area contributed by atoms with Gasteiger partial charge in [0.05, 0.1) is 30.0 Å². The van der Waals surface area contributed by atoms with E-state index in [9.17, 15) is 9.59 Å². The number of nitrogens with one attached hydrogen (secondary N) is 2. The van der Waals surface area contributed by atoms with Gasteiger partial charge in [0, 0.05) is 34.6 Å². The number of aromatic amines is 1. The summed E-state index contributed by atoms with van der Waals surface area (Å²) in [6.45, 7) is 0.769. The highest BCUT2D eigenvalue weighted by atomic mass is 127. The third-order valence-corrected chi connectivity index (χ3v) is 6.19. The number of halogens is 1. The van der Waals surface area contributed by atoms with Crippen molar-refractivity contribution in [2.75, 3.05) is 5.32 Å². The van der Waals surface area contributed by atoms with E-state index >= 15 is 0 Å². The second kappa shape index (κ2) is 9.14. The Kier molecular flexibility index (Phi) is 6.01. The summed E-state index contributed by atoms with van der Waals surface area (Å²) in [7, 11) is 1.96. The Labute approximate surface area is 217 Å². The topological polar surface area (TPSA) is 88.1 Å². The molecular weight excluding hydrogens is 555 g/mol. The third kappa shape index (κ3) is 4.16. The average molecular weight is 578 g/mol. The number of fused-ring (bicyclic) bond motifs is 6. The molecule has 2 N–H and O–H groups in total. The van der Waals surface area contributed by atoms with Crippen molar-refractivity contribution in [2.24, 2.45) is 7.05 Å². The Morgan fingerprint density at radius 1 is 1.09 bits per heavy atom. The molecule has 0 saturated heterocycles. The first-order chi connectivity index (χ1) is 16.6. The molecule has 8 nitrogen and oxygen atoms in total. The van der Waals surface area contributed by atoms with Gasteiger partial charge in [-0.05, 0) is 36.8 Å². The molecule has 0 bridgehead atoms. The molecule has 0 spiro atoms. The third-order valence-electron chi connectivity index (χ3n) is 6.19. The van der Waals surface area contributed by atoms with E-state index in [4.69, 9.17) is 4.98 Å². The lowest BCUT2D eigenvalue weighted by atomic mass is 10.1. The minimum Gasteiger partial charge on any atom is -1.00 e. The van der Waals surface area contributed by atoms with Crippen LogP contribution in [0.1, 0.15) is 12.8 Å². The van der Waals surface area contributed by atoms with Crippen LogP contribution in [0.15, 0.2) is 78.2 Å². The lowest BCUT2D eigenvalue weighted by Crippen LogP contribution is -3.00. The molecule has 35 heavy (non-hydrogen) atoms. The zero-order valence-electron chi connectivity index (χ0n) is 19.0. The number of hydrogen-bond acceptors (Lipinski definition) is 3. The minimum atomic E-state index is -0.169. The van der Waals surface area contributed by atoms with Crippen molar-refractivity contribution in [3.8, 4) is 0 Å². The highest BCUT2D eigenvalue weighted by Gasteiger charge is 2.13.